The molecule has 0 saturated heterocycles. The number of amides is 2. The molecule has 0 fully saturated rings. The summed E-state index contributed by atoms with van der Waals surface area (Å²) >= 11 is 0. The van der Waals surface area contributed by atoms with Crippen LogP contribution in [0.3, 0.4) is 0 Å². The van der Waals surface area contributed by atoms with Crippen molar-refractivity contribution in [1.82, 2.24) is 4.90 Å². The second kappa shape index (κ2) is 7.22. The molecule has 1 rings (SSSR count). The number of benzene rings is 1. The first-order chi connectivity index (χ1) is 9.81. The first-order valence-corrected chi connectivity index (χ1v) is 7.11. The van der Waals surface area contributed by atoms with Gasteiger partial charge < -0.3 is 15.3 Å². The number of hydrogen-bond donors (Lipinski definition) is 2. The zero-order valence-electron chi connectivity index (χ0n) is 13.1. The molecule has 0 heterocycles. The van der Waals surface area contributed by atoms with Crippen LogP contribution >= 0.6 is 0 Å². The van der Waals surface area contributed by atoms with E-state index >= 15 is 0 Å². The van der Waals surface area contributed by atoms with E-state index in [1.807, 2.05) is 39.0 Å². The number of nitrogens with one attached hydrogen (secondary N) is 1. The van der Waals surface area contributed by atoms with Gasteiger partial charge >= 0.3 is 11.8 Å². The van der Waals surface area contributed by atoms with Crippen molar-refractivity contribution in [1.29, 1.82) is 0 Å². The highest BCUT2D eigenvalue weighted by molar-refractivity contribution is 6.39. The highest BCUT2D eigenvalue weighted by Crippen LogP contribution is 2.29. The number of carbonyl (C=O) groups excluding carboxylic acids is 2. The van der Waals surface area contributed by atoms with Crippen LogP contribution in [-0.2, 0) is 15.0 Å². The molecule has 5 heteroatoms. The number of para-hydroxylation sites is 1. The summed E-state index contributed by atoms with van der Waals surface area (Å²) in [4.78, 5) is 25.4. The van der Waals surface area contributed by atoms with Gasteiger partial charge in [0.2, 0.25) is 0 Å². The molecular weight excluding hydrogens is 268 g/mol. The Morgan fingerprint density at radius 2 is 1.86 bits per heavy atom. The van der Waals surface area contributed by atoms with Gasteiger partial charge in [0, 0.05) is 18.8 Å². The van der Waals surface area contributed by atoms with Gasteiger partial charge in [-0.15, -0.1) is 0 Å². The Kier molecular flexibility index (Phi) is 5.90. The maximum Gasteiger partial charge on any atom is 0.313 e. The molecule has 2 amide bonds. The average molecular weight is 292 g/mol. The van der Waals surface area contributed by atoms with Crippen LogP contribution in [0.2, 0.25) is 0 Å². The molecule has 2 N–H and O–H groups in total. The SMILES string of the molecule is CCN(CCO)C(=O)C(=O)Nc1ccccc1C(C)(C)C. The van der Waals surface area contributed by atoms with Gasteiger partial charge in [-0.25, -0.2) is 0 Å². The van der Waals surface area contributed by atoms with Crippen LogP contribution in [0, 0.1) is 0 Å². The van der Waals surface area contributed by atoms with E-state index < -0.39 is 11.8 Å². The Balaban J connectivity index is 2.91. The largest absolute Gasteiger partial charge is 0.395 e. The number of anilines is 1. The van der Waals surface area contributed by atoms with E-state index in [9.17, 15) is 9.59 Å². The third kappa shape index (κ3) is 4.56. The molecule has 0 aliphatic carbocycles. The normalized spacial score (nSPS) is 11.1. The molecule has 0 spiro atoms. The van der Waals surface area contributed by atoms with Crippen molar-refractivity contribution in [3.63, 3.8) is 0 Å². The number of rotatable bonds is 4. The van der Waals surface area contributed by atoms with Crippen LogP contribution in [0.1, 0.15) is 33.3 Å². The van der Waals surface area contributed by atoms with Gasteiger partial charge in [-0.05, 0) is 24.0 Å². The lowest BCUT2D eigenvalue weighted by Crippen LogP contribution is -2.41. The van der Waals surface area contributed by atoms with Crippen LogP contribution < -0.4 is 5.32 Å². The number of hydrogen-bond acceptors (Lipinski definition) is 3. The van der Waals surface area contributed by atoms with E-state index in [-0.39, 0.29) is 18.6 Å². The van der Waals surface area contributed by atoms with Gasteiger partial charge in [-0.1, -0.05) is 39.0 Å². The summed E-state index contributed by atoms with van der Waals surface area (Å²) < 4.78 is 0. The molecule has 0 aliphatic heterocycles. The number of nitrogens with zero attached hydrogens (tertiary/aromatic N) is 1. The molecule has 0 aromatic heterocycles. The predicted molar refractivity (Wildman–Crippen MR) is 83.1 cm³/mol. The highest BCUT2D eigenvalue weighted by Gasteiger charge is 2.23. The maximum absolute atomic E-state index is 12.1. The quantitative estimate of drug-likeness (QED) is 0.831. The molecule has 0 bridgehead atoms. The fourth-order valence-corrected chi connectivity index (χ4v) is 2.09. The van der Waals surface area contributed by atoms with E-state index in [0.717, 1.165) is 5.56 Å². The van der Waals surface area contributed by atoms with Crippen molar-refractivity contribution in [2.75, 3.05) is 25.0 Å². The third-order valence-corrected chi connectivity index (χ3v) is 3.22. The van der Waals surface area contributed by atoms with Crippen molar-refractivity contribution in [2.45, 2.75) is 33.1 Å². The fraction of sp³-hybridized carbons (Fsp3) is 0.500. The van der Waals surface area contributed by atoms with Gasteiger partial charge in [0.15, 0.2) is 0 Å². The number of aliphatic hydroxyl groups excluding tert-OH is 1. The summed E-state index contributed by atoms with van der Waals surface area (Å²) in [7, 11) is 0. The summed E-state index contributed by atoms with van der Waals surface area (Å²) in [5.41, 5.74) is 1.47. The molecule has 0 saturated carbocycles. The van der Waals surface area contributed by atoms with E-state index in [2.05, 4.69) is 5.32 Å². The van der Waals surface area contributed by atoms with Crippen LogP contribution in [0.25, 0.3) is 0 Å². The lowest BCUT2D eigenvalue weighted by molar-refractivity contribution is -0.143. The Morgan fingerprint density at radius 3 is 2.38 bits per heavy atom. The molecule has 0 aliphatic rings. The Bertz CT molecular complexity index is 506. The number of likely N-dealkylation sites (N-methyl/N-ethyl adjacent to an activating group) is 1. The van der Waals surface area contributed by atoms with Crippen molar-refractivity contribution in [2.24, 2.45) is 0 Å². The Hall–Kier alpha value is -1.88. The lowest BCUT2D eigenvalue weighted by atomic mass is 9.86. The van der Waals surface area contributed by atoms with E-state index in [4.69, 9.17) is 5.11 Å². The zero-order chi connectivity index (χ0) is 16.0. The predicted octanol–water partition coefficient (Wildman–Crippen LogP) is 1.76. The minimum absolute atomic E-state index is 0.136. The average Bonchev–Trinajstić information content (AvgIpc) is 2.43. The molecule has 0 atom stereocenters. The van der Waals surface area contributed by atoms with Crippen molar-refractivity contribution < 1.29 is 14.7 Å². The minimum Gasteiger partial charge on any atom is -0.395 e. The van der Waals surface area contributed by atoms with Gasteiger partial charge in [-0.2, -0.15) is 0 Å². The topological polar surface area (TPSA) is 69.6 Å². The molecule has 21 heavy (non-hydrogen) atoms. The highest BCUT2D eigenvalue weighted by atomic mass is 16.3. The second-order valence-electron chi connectivity index (χ2n) is 5.86. The summed E-state index contributed by atoms with van der Waals surface area (Å²) in [5, 5.41) is 11.6. The summed E-state index contributed by atoms with van der Waals surface area (Å²) in [6, 6.07) is 7.45. The summed E-state index contributed by atoms with van der Waals surface area (Å²) in [6.45, 7) is 8.28. The molecular formula is C16H24N2O3. The van der Waals surface area contributed by atoms with E-state index in [1.165, 1.54) is 4.90 Å². The van der Waals surface area contributed by atoms with Crippen LogP contribution in [0.4, 0.5) is 5.69 Å². The molecule has 116 valence electrons. The second-order valence-corrected chi connectivity index (χ2v) is 5.86. The Labute approximate surface area is 126 Å². The van der Waals surface area contributed by atoms with Crippen molar-refractivity contribution >= 4 is 17.5 Å². The van der Waals surface area contributed by atoms with Crippen LogP contribution in [-0.4, -0.2) is 41.5 Å². The zero-order valence-corrected chi connectivity index (χ0v) is 13.1. The van der Waals surface area contributed by atoms with Crippen LogP contribution in [0.5, 0.6) is 0 Å². The van der Waals surface area contributed by atoms with Gasteiger partial charge in [0.25, 0.3) is 0 Å². The van der Waals surface area contributed by atoms with Crippen LogP contribution in [0.15, 0.2) is 24.3 Å². The molecule has 1 aromatic carbocycles. The van der Waals surface area contributed by atoms with Gasteiger partial charge in [-0.3, -0.25) is 9.59 Å². The fourth-order valence-electron chi connectivity index (χ4n) is 2.09. The number of aliphatic hydroxyl groups is 1. The first-order valence-electron chi connectivity index (χ1n) is 7.11. The van der Waals surface area contributed by atoms with Gasteiger partial charge in [0.05, 0.1) is 6.61 Å². The van der Waals surface area contributed by atoms with E-state index in [0.29, 0.717) is 12.2 Å². The number of carbonyl (C=O) groups is 2. The summed E-state index contributed by atoms with van der Waals surface area (Å²) in [6.07, 6.45) is 0. The molecule has 1 aromatic rings. The molecule has 5 nitrogen and oxygen atoms in total. The Morgan fingerprint density at radius 1 is 1.24 bits per heavy atom. The molecule has 0 unspecified atom stereocenters. The monoisotopic (exact) mass is 292 g/mol. The third-order valence-electron chi connectivity index (χ3n) is 3.22. The lowest BCUT2D eigenvalue weighted by Gasteiger charge is -2.24. The van der Waals surface area contributed by atoms with Crippen molar-refractivity contribution in [3.05, 3.63) is 29.8 Å². The standard InChI is InChI=1S/C16H24N2O3/c1-5-18(10-11-19)15(21)14(20)17-13-9-7-6-8-12(13)16(2,3)4/h6-9,19H,5,10-11H2,1-4H3,(H,17,20). The maximum atomic E-state index is 12.1. The van der Waals surface area contributed by atoms with Gasteiger partial charge in [0.1, 0.15) is 0 Å². The summed E-state index contributed by atoms with van der Waals surface area (Å²) in [5.74, 6) is -1.31. The minimum atomic E-state index is -0.679. The molecule has 0 radical (unpaired) electrons. The smallest absolute Gasteiger partial charge is 0.313 e. The first kappa shape index (κ1) is 17.2. The van der Waals surface area contributed by atoms with E-state index in [1.54, 1.807) is 13.0 Å². The van der Waals surface area contributed by atoms with Crippen molar-refractivity contribution in [3.8, 4) is 0 Å².